The molecule has 0 aliphatic rings. The lowest BCUT2D eigenvalue weighted by molar-refractivity contribution is 0.0635. The molecule has 0 bridgehead atoms. The monoisotopic (exact) mass is 372 g/mol. The predicted octanol–water partition coefficient (Wildman–Crippen LogP) is 5.83. The number of alkyl halides is 2. The molecule has 0 saturated carbocycles. The summed E-state index contributed by atoms with van der Waals surface area (Å²) in [6, 6.07) is 3.41. The summed E-state index contributed by atoms with van der Waals surface area (Å²) in [5.41, 5.74) is -0.800. The van der Waals surface area contributed by atoms with Crippen molar-refractivity contribution in [3.8, 4) is 11.1 Å². The number of halogens is 4. The average molecular weight is 373 g/mol. The minimum atomic E-state index is -2.70. The number of anilines is 1. The van der Waals surface area contributed by atoms with Gasteiger partial charge in [-0.2, -0.15) is 0 Å². The van der Waals surface area contributed by atoms with Crippen LogP contribution in [-0.2, 0) is 4.74 Å². The van der Waals surface area contributed by atoms with E-state index >= 15 is 0 Å². The molecule has 0 aliphatic heterocycles. The first-order valence-corrected chi connectivity index (χ1v) is 7.67. The number of carbonyl (C=O) groups is 1. The molecule has 2 rings (SSSR count). The van der Waals surface area contributed by atoms with Gasteiger partial charge in [0, 0.05) is 29.1 Å². The molecule has 2 aromatic rings. The van der Waals surface area contributed by atoms with E-state index in [9.17, 15) is 18.0 Å². The van der Waals surface area contributed by atoms with Crippen molar-refractivity contribution in [3.63, 3.8) is 0 Å². The molecule has 0 aliphatic carbocycles. The molecule has 0 saturated heterocycles. The van der Waals surface area contributed by atoms with Gasteiger partial charge in [-0.3, -0.25) is 10.3 Å². The van der Waals surface area contributed by atoms with Crippen molar-refractivity contribution in [2.24, 2.45) is 0 Å². The number of nitrogens with one attached hydrogen (secondary N) is 1. The Morgan fingerprint density at radius 3 is 2.52 bits per heavy atom. The van der Waals surface area contributed by atoms with Crippen molar-refractivity contribution in [1.82, 2.24) is 4.98 Å². The maximum atomic E-state index is 14.3. The average Bonchev–Trinajstić information content (AvgIpc) is 2.48. The first kappa shape index (κ1) is 19.1. The third-order valence-electron chi connectivity index (χ3n) is 3.01. The number of hydrogen-bond acceptors (Lipinski definition) is 3. The molecule has 25 heavy (non-hydrogen) atoms. The zero-order valence-electron chi connectivity index (χ0n) is 13.7. The van der Waals surface area contributed by atoms with E-state index in [1.165, 1.54) is 18.3 Å². The second-order valence-corrected chi connectivity index (χ2v) is 6.65. The molecule has 4 nitrogen and oxygen atoms in total. The minimum Gasteiger partial charge on any atom is -0.444 e. The molecule has 0 spiro atoms. The maximum Gasteiger partial charge on any atom is 0.412 e. The zero-order chi connectivity index (χ0) is 18.8. The number of pyridine rings is 1. The lowest BCUT2D eigenvalue weighted by atomic mass is 10.1. The summed E-state index contributed by atoms with van der Waals surface area (Å²) in [5.74, 6) is -0.785. The number of rotatable bonds is 3. The Hall–Kier alpha value is -2.28. The molecule has 0 unspecified atom stereocenters. The topological polar surface area (TPSA) is 51.2 Å². The molecule has 1 aromatic heterocycles. The Balaban J connectivity index is 2.31. The molecule has 1 amide bonds. The summed E-state index contributed by atoms with van der Waals surface area (Å²) >= 11 is 6.11. The molecule has 134 valence electrons. The number of aromatic nitrogens is 1. The lowest BCUT2D eigenvalue weighted by Gasteiger charge is -2.20. The van der Waals surface area contributed by atoms with Crippen LogP contribution >= 0.6 is 11.6 Å². The van der Waals surface area contributed by atoms with Crippen LogP contribution in [0.1, 0.15) is 32.8 Å². The van der Waals surface area contributed by atoms with Crippen LogP contribution in [-0.4, -0.2) is 16.7 Å². The van der Waals surface area contributed by atoms with Crippen LogP contribution < -0.4 is 5.32 Å². The first-order valence-electron chi connectivity index (χ1n) is 7.29. The molecular formula is C17H16ClF3N2O2. The van der Waals surface area contributed by atoms with Gasteiger partial charge in [0.05, 0.1) is 10.7 Å². The summed E-state index contributed by atoms with van der Waals surface area (Å²) in [7, 11) is 0. The van der Waals surface area contributed by atoms with E-state index in [0.717, 1.165) is 12.3 Å². The molecule has 1 heterocycles. The number of amides is 1. The van der Waals surface area contributed by atoms with Gasteiger partial charge >= 0.3 is 6.09 Å². The largest absolute Gasteiger partial charge is 0.444 e. The van der Waals surface area contributed by atoms with Gasteiger partial charge in [0.15, 0.2) is 0 Å². The summed E-state index contributed by atoms with van der Waals surface area (Å²) in [5, 5.41) is 2.33. The van der Waals surface area contributed by atoms with Gasteiger partial charge in [-0.05, 0) is 39.0 Å². The van der Waals surface area contributed by atoms with Crippen LogP contribution in [0, 0.1) is 5.82 Å². The highest BCUT2D eigenvalue weighted by Crippen LogP contribution is 2.33. The fourth-order valence-electron chi connectivity index (χ4n) is 2.00. The Bertz CT molecular complexity index is 792. The van der Waals surface area contributed by atoms with E-state index in [1.54, 1.807) is 20.8 Å². The van der Waals surface area contributed by atoms with Crippen molar-refractivity contribution in [2.75, 3.05) is 5.32 Å². The van der Waals surface area contributed by atoms with Crippen LogP contribution in [0.2, 0.25) is 5.02 Å². The van der Waals surface area contributed by atoms with Crippen LogP contribution in [0.5, 0.6) is 0 Å². The Kier molecular flexibility index (Phi) is 5.57. The maximum absolute atomic E-state index is 14.3. The number of benzene rings is 1. The van der Waals surface area contributed by atoms with Crippen LogP contribution in [0.3, 0.4) is 0 Å². The summed E-state index contributed by atoms with van der Waals surface area (Å²) < 4.78 is 44.9. The summed E-state index contributed by atoms with van der Waals surface area (Å²) in [6.07, 6.45) is -1.22. The number of ether oxygens (including phenoxy) is 1. The summed E-state index contributed by atoms with van der Waals surface area (Å²) in [4.78, 5) is 15.4. The first-order chi connectivity index (χ1) is 11.6. The van der Waals surface area contributed by atoms with Crippen LogP contribution in [0.15, 0.2) is 30.6 Å². The highest BCUT2D eigenvalue weighted by molar-refractivity contribution is 6.33. The van der Waals surface area contributed by atoms with Gasteiger partial charge in [-0.15, -0.1) is 0 Å². The van der Waals surface area contributed by atoms with Gasteiger partial charge in [0.1, 0.15) is 11.4 Å². The van der Waals surface area contributed by atoms with Gasteiger partial charge in [-0.25, -0.2) is 18.0 Å². The fourth-order valence-corrected chi connectivity index (χ4v) is 2.27. The number of carbonyl (C=O) groups excluding carboxylic acids is 1. The van der Waals surface area contributed by atoms with Crippen molar-refractivity contribution < 1.29 is 22.7 Å². The molecule has 8 heteroatoms. The van der Waals surface area contributed by atoms with Crippen LogP contribution in [0.25, 0.3) is 11.1 Å². The van der Waals surface area contributed by atoms with Crippen molar-refractivity contribution in [1.29, 1.82) is 0 Å². The second-order valence-electron chi connectivity index (χ2n) is 6.25. The minimum absolute atomic E-state index is 0.0701. The van der Waals surface area contributed by atoms with Crippen molar-refractivity contribution >= 4 is 23.4 Å². The second kappa shape index (κ2) is 7.31. The quantitative estimate of drug-likeness (QED) is 0.737. The molecule has 0 fully saturated rings. The molecule has 0 radical (unpaired) electrons. The van der Waals surface area contributed by atoms with E-state index in [-0.39, 0.29) is 27.4 Å². The Labute approximate surface area is 148 Å². The highest BCUT2D eigenvalue weighted by Gasteiger charge is 2.19. The molecule has 1 aromatic carbocycles. The Morgan fingerprint density at radius 1 is 1.24 bits per heavy atom. The molecular weight excluding hydrogens is 357 g/mol. The van der Waals surface area contributed by atoms with Gasteiger partial charge in [-0.1, -0.05) is 11.6 Å². The fraction of sp³-hybridized carbons (Fsp3) is 0.294. The highest BCUT2D eigenvalue weighted by atomic mass is 35.5. The molecule has 1 N–H and O–H groups in total. The third kappa shape index (κ3) is 5.09. The third-order valence-corrected chi connectivity index (χ3v) is 3.33. The molecule has 0 atom stereocenters. The van der Waals surface area contributed by atoms with Crippen molar-refractivity contribution in [2.45, 2.75) is 32.8 Å². The normalized spacial score (nSPS) is 11.5. The SMILES string of the molecule is CC(C)(C)OC(=O)Nc1cc(Cl)c(-c2cncc(C(F)F)c2)cc1F. The smallest absolute Gasteiger partial charge is 0.412 e. The van der Waals surface area contributed by atoms with E-state index in [4.69, 9.17) is 16.3 Å². The van der Waals surface area contributed by atoms with E-state index in [2.05, 4.69) is 10.3 Å². The number of nitrogens with zero attached hydrogens (tertiary/aromatic N) is 1. The van der Waals surface area contributed by atoms with Gasteiger partial charge in [0.2, 0.25) is 0 Å². The Morgan fingerprint density at radius 2 is 1.92 bits per heavy atom. The van der Waals surface area contributed by atoms with E-state index in [0.29, 0.717) is 0 Å². The van der Waals surface area contributed by atoms with Crippen LogP contribution in [0.4, 0.5) is 23.7 Å². The van der Waals surface area contributed by atoms with E-state index in [1.807, 2.05) is 0 Å². The van der Waals surface area contributed by atoms with Gasteiger partial charge < -0.3 is 4.74 Å². The standard InChI is InChI=1S/C17H16ClF3N2O2/c1-17(2,3)25-16(24)23-14-6-12(18)11(5-13(14)19)9-4-10(15(20)21)8-22-7-9/h4-8,15H,1-3H3,(H,23,24). The number of hydrogen-bond donors (Lipinski definition) is 1. The predicted molar refractivity (Wildman–Crippen MR) is 89.5 cm³/mol. The van der Waals surface area contributed by atoms with Gasteiger partial charge in [0.25, 0.3) is 6.43 Å². The van der Waals surface area contributed by atoms with Crippen molar-refractivity contribution in [3.05, 3.63) is 47.0 Å². The zero-order valence-corrected chi connectivity index (χ0v) is 14.5. The van der Waals surface area contributed by atoms with E-state index < -0.39 is 23.9 Å². The summed E-state index contributed by atoms with van der Waals surface area (Å²) in [6.45, 7) is 5.01. The lowest BCUT2D eigenvalue weighted by Crippen LogP contribution is -2.27.